The van der Waals surface area contributed by atoms with Gasteiger partial charge in [0, 0.05) is 18.5 Å². The van der Waals surface area contributed by atoms with Gasteiger partial charge >= 0.3 is 6.03 Å². The summed E-state index contributed by atoms with van der Waals surface area (Å²) in [4.78, 5) is 11.8. The van der Waals surface area contributed by atoms with E-state index in [1.807, 2.05) is 30.3 Å². The van der Waals surface area contributed by atoms with Crippen LogP contribution in [0.15, 0.2) is 48.5 Å². The third kappa shape index (κ3) is 4.34. The molecular weight excluding hydrogens is 266 g/mol. The van der Waals surface area contributed by atoms with Gasteiger partial charge < -0.3 is 15.4 Å². The zero-order valence-corrected chi connectivity index (χ0v) is 11.6. The summed E-state index contributed by atoms with van der Waals surface area (Å²) in [5.41, 5.74) is 2.91. The number of carbonyl (C=O) groups is 1. The molecule has 2 amide bonds. The van der Waals surface area contributed by atoms with Gasteiger partial charge in [0.1, 0.15) is 0 Å². The van der Waals surface area contributed by atoms with Gasteiger partial charge in [0.15, 0.2) is 0 Å². The molecule has 0 saturated carbocycles. The molecule has 2 aromatic carbocycles. The van der Waals surface area contributed by atoms with E-state index in [0.29, 0.717) is 23.5 Å². The molecule has 0 aliphatic heterocycles. The Hall–Kier alpha value is -2.84. The molecular formula is C16H15N3O2. The van der Waals surface area contributed by atoms with Gasteiger partial charge in [-0.1, -0.05) is 12.1 Å². The Morgan fingerprint density at radius 1 is 1.05 bits per heavy atom. The summed E-state index contributed by atoms with van der Waals surface area (Å²) in [5, 5.41) is 14.1. The van der Waals surface area contributed by atoms with E-state index in [4.69, 9.17) is 10.00 Å². The second kappa shape index (κ2) is 7.08. The first kappa shape index (κ1) is 14.6. The summed E-state index contributed by atoms with van der Waals surface area (Å²) in [6, 6.07) is 15.8. The van der Waals surface area contributed by atoms with Crippen LogP contribution in [0.2, 0.25) is 0 Å². The lowest BCUT2D eigenvalue weighted by atomic mass is 10.2. The molecule has 2 rings (SSSR count). The number of carbonyl (C=O) groups excluding carboxylic acids is 1. The van der Waals surface area contributed by atoms with Crippen LogP contribution >= 0.6 is 0 Å². The van der Waals surface area contributed by atoms with Crippen molar-refractivity contribution in [2.45, 2.75) is 6.61 Å². The van der Waals surface area contributed by atoms with E-state index in [0.717, 1.165) is 5.56 Å². The van der Waals surface area contributed by atoms with Gasteiger partial charge in [0.05, 0.1) is 18.2 Å². The molecule has 5 nitrogen and oxygen atoms in total. The number of rotatable bonds is 4. The maximum absolute atomic E-state index is 11.8. The lowest BCUT2D eigenvalue weighted by Crippen LogP contribution is -2.19. The Labute approximate surface area is 123 Å². The standard InChI is InChI=1S/C16H15N3O2/c1-21-11-13-4-8-15(9-5-13)19-16(20)18-14-6-2-12(10-17)3-7-14/h2-9H,11H2,1H3,(H2,18,19,20). The molecule has 0 radical (unpaired) electrons. The van der Waals surface area contributed by atoms with E-state index in [9.17, 15) is 4.79 Å². The first-order chi connectivity index (χ1) is 10.2. The second-order valence-corrected chi connectivity index (χ2v) is 4.40. The minimum absolute atomic E-state index is 0.334. The molecule has 0 fully saturated rings. The van der Waals surface area contributed by atoms with Gasteiger partial charge in [-0.3, -0.25) is 0 Å². The minimum Gasteiger partial charge on any atom is -0.380 e. The maximum atomic E-state index is 11.8. The van der Waals surface area contributed by atoms with Crippen LogP contribution in [0.1, 0.15) is 11.1 Å². The molecule has 5 heteroatoms. The summed E-state index contributed by atoms with van der Waals surface area (Å²) in [6.45, 7) is 0.539. The van der Waals surface area contributed by atoms with E-state index in [-0.39, 0.29) is 6.03 Å². The number of methoxy groups -OCH3 is 1. The number of urea groups is 1. The smallest absolute Gasteiger partial charge is 0.323 e. The van der Waals surface area contributed by atoms with E-state index in [1.54, 1.807) is 31.4 Å². The van der Waals surface area contributed by atoms with E-state index in [2.05, 4.69) is 10.6 Å². The summed E-state index contributed by atoms with van der Waals surface area (Å²) < 4.78 is 5.02. The quantitative estimate of drug-likeness (QED) is 0.902. The van der Waals surface area contributed by atoms with Crippen molar-refractivity contribution >= 4 is 17.4 Å². The van der Waals surface area contributed by atoms with Gasteiger partial charge in [-0.2, -0.15) is 5.26 Å². The van der Waals surface area contributed by atoms with Gasteiger partial charge in [-0.05, 0) is 42.0 Å². The van der Waals surface area contributed by atoms with E-state index < -0.39 is 0 Å². The van der Waals surface area contributed by atoms with Gasteiger partial charge in [0.25, 0.3) is 0 Å². The molecule has 0 saturated heterocycles. The Bertz CT molecular complexity index is 643. The van der Waals surface area contributed by atoms with Crippen LogP contribution in [0.25, 0.3) is 0 Å². The highest BCUT2D eigenvalue weighted by Crippen LogP contribution is 2.12. The zero-order valence-electron chi connectivity index (χ0n) is 11.6. The zero-order chi connectivity index (χ0) is 15.1. The average molecular weight is 281 g/mol. The monoisotopic (exact) mass is 281 g/mol. The molecule has 0 heterocycles. The lowest BCUT2D eigenvalue weighted by Gasteiger charge is -2.08. The predicted octanol–water partition coefficient (Wildman–Crippen LogP) is 3.35. The van der Waals surface area contributed by atoms with E-state index in [1.165, 1.54) is 0 Å². The Kier molecular flexibility index (Phi) is 4.91. The number of hydrogen-bond donors (Lipinski definition) is 2. The topological polar surface area (TPSA) is 74.2 Å². The minimum atomic E-state index is -0.334. The van der Waals surface area contributed by atoms with Gasteiger partial charge in [-0.15, -0.1) is 0 Å². The van der Waals surface area contributed by atoms with Crippen molar-refractivity contribution in [2.75, 3.05) is 17.7 Å². The molecule has 0 aromatic heterocycles. The number of hydrogen-bond acceptors (Lipinski definition) is 3. The summed E-state index contributed by atoms with van der Waals surface area (Å²) in [6.07, 6.45) is 0. The number of nitrogens with zero attached hydrogens (tertiary/aromatic N) is 1. The molecule has 0 spiro atoms. The third-order valence-electron chi connectivity index (χ3n) is 2.79. The van der Waals surface area contributed by atoms with Crippen LogP contribution in [-0.4, -0.2) is 13.1 Å². The Balaban J connectivity index is 1.93. The fraction of sp³-hybridized carbons (Fsp3) is 0.125. The molecule has 0 aliphatic carbocycles. The van der Waals surface area contributed by atoms with E-state index >= 15 is 0 Å². The van der Waals surface area contributed by atoms with Crippen LogP contribution in [0, 0.1) is 11.3 Å². The summed E-state index contributed by atoms with van der Waals surface area (Å²) >= 11 is 0. The van der Waals surface area contributed by atoms with Crippen molar-refractivity contribution in [3.63, 3.8) is 0 Å². The molecule has 0 aliphatic rings. The molecule has 0 unspecified atom stereocenters. The Morgan fingerprint density at radius 2 is 1.57 bits per heavy atom. The second-order valence-electron chi connectivity index (χ2n) is 4.40. The maximum Gasteiger partial charge on any atom is 0.323 e. The van der Waals surface area contributed by atoms with Gasteiger partial charge in [-0.25, -0.2) is 4.79 Å². The average Bonchev–Trinajstić information content (AvgIpc) is 2.50. The SMILES string of the molecule is COCc1ccc(NC(=O)Nc2ccc(C#N)cc2)cc1. The molecule has 2 N–H and O–H groups in total. The molecule has 106 valence electrons. The number of anilines is 2. The summed E-state index contributed by atoms with van der Waals surface area (Å²) in [7, 11) is 1.64. The highest BCUT2D eigenvalue weighted by atomic mass is 16.5. The van der Waals surface area contributed by atoms with Crippen molar-refractivity contribution < 1.29 is 9.53 Å². The first-order valence-electron chi connectivity index (χ1n) is 6.37. The Morgan fingerprint density at radius 3 is 2.05 bits per heavy atom. The van der Waals surface area contributed by atoms with Crippen LogP contribution in [0.3, 0.4) is 0 Å². The third-order valence-corrected chi connectivity index (χ3v) is 2.79. The number of nitrogens with one attached hydrogen (secondary N) is 2. The van der Waals surface area contributed by atoms with Gasteiger partial charge in [0.2, 0.25) is 0 Å². The predicted molar refractivity (Wildman–Crippen MR) is 81.0 cm³/mol. The molecule has 0 bridgehead atoms. The molecule has 2 aromatic rings. The normalized spacial score (nSPS) is 9.71. The van der Waals surface area contributed by atoms with Crippen molar-refractivity contribution in [3.05, 3.63) is 59.7 Å². The highest BCUT2D eigenvalue weighted by Gasteiger charge is 2.03. The van der Waals surface area contributed by atoms with Crippen molar-refractivity contribution in [1.82, 2.24) is 0 Å². The van der Waals surface area contributed by atoms with Crippen LogP contribution < -0.4 is 10.6 Å². The molecule has 0 atom stereocenters. The highest BCUT2D eigenvalue weighted by molar-refractivity contribution is 5.99. The number of ether oxygens (including phenoxy) is 1. The number of benzene rings is 2. The fourth-order valence-corrected chi connectivity index (χ4v) is 1.77. The van der Waals surface area contributed by atoms with Crippen molar-refractivity contribution in [2.24, 2.45) is 0 Å². The lowest BCUT2D eigenvalue weighted by molar-refractivity contribution is 0.185. The summed E-state index contributed by atoms with van der Waals surface area (Å²) in [5.74, 6) is 0. The van der Waals surface area contributed by atoms with Crippen LogP contribution in [-0.2, 0) is 11.3 Å². The number of amides is 2. The number of nitriles is 1. The van der Waals surface area contributed by atoms with Crippen molar-refractivity contribution in [1.29, 1.82) is 5.26 Å². The first-order valence-corrected chi connectivity index (χ1v) is 6.37. The van der Waals surface area contributed by atoms with Crippen molar-refractivity contribution in [3.8, 4) is 6.07 Å². The van der Waals surface area contributed by atoms with Crippen LogP contribution in [0.4, 0.5) is 16.2 Å². The largest absolute Gasteiger partial charge is 0.380 e. The molecule has 21 heavy (non-hydrogen) atoms. The van der Waals surface area contributed by atoms with Crippen LogP contribution in [0.5, 0.6) is 0 Å². The fourth-order valence-electron chi connectivity index (χ4n) is 1.77.